The predicted octanol–water partition coefficient (Wildman–Crippen LogP) is 2.25. The van der Waals surface area contributed by atoms with E-state index in [0.29, 0.717) is 5.56 Å². The second kappa shape index (κ2) is 5.01. The summed E-state index contributed by atoms with van der Waals surface area (Å²) in [5.41, 5.74) is 0.645. The average molecular weight is 262 g/mol. The minimum absolute atomic E-state index is 0.0950. The quantitative estimate of drug-likeness (QED) is 0.629. The number of hydrogen-bond donors (Lipinski definition) is 0. The molecule has 5 nitrogen and oxygen atoms in total. The number of rotatable bonds is 3. The second-order valence-electron chi connectivity index (χ2n) is 4.25. The first-order chi connectivity index (χ1) is 8.95. The van der Waals surface area contributed by atoms with Crippen LogP contribution in [0.2, 0.25) is 0 Å². The predicted molar refractivity (Wildman–Crippen MR) is 67.6 cm³/mol. The number of non-ortho nitro benzene ring substituents is 1. The molecule has 0 N–H and O–H groups in total. The maximum Gasteiger partial charge on any atom is 0.272 e. The summed E-state index contributed by atoms with van der Waals surface area (Å²) in [6.45, 7) is 1.89. The molecule has 1 heterocycles. The van der Waals surface area contributed by atoms with Crippen molar-refractivity contribution < 1.29 is 9.31 Å². The van der Waals surface area contributed by atoms with Crippen molar-refractivity contribution in [3.05, 3.63) is 73.9 Å². The molecule has 0 amide bonds. The van der Waals surface area contributed by atoms with E-state index in [2.05, 4.69) is 0 Å². The lowest BCUT2D eigenvalue weighted by Gasteiger charge is -2.06. The fourth-order valence-electron chi connectivity index (χ4n) is 1.76. The van der Waals surface area contributed by atoms with Gasteiger partial charge in [-0.15, -0.1) is 0 Å². The van der Waals surface area contributed by atoms with Crippen LogP contribution in [0.25, 0.3) is 0 Å². The molecule has 0 saturated carbocycles. The van der Waals surface area contributed by atoms with Crippen molar-refractivity contribution in [3.8, 4) is 0 Å². The molecule has 19 heavy (non-hydrogen) atoms. The van der Waals surface area contributed by atoms with Crippen LogP contribution in [0, 0.1) is 22.9 Å². The fraction of sp³-hybridized carbons (Fsp3) is 0.154. The minimum atomic E-state index is -0.690. The highest BCUT2D eigenvalue weighted by atomic mass is 19.1. The molecule has 6 heteroatoms. The van der Waals surface area contributed by atoms with Gasteiger partial charge in [0, 0.05) is 18.3 Å². The molecule has 0 saturated heterocycles. The van der Waals surface area contributed by atoms with Gasteiger partial charge in [-0.2, -0.15) is 0 Å². The number of nitrogens with zero attached hydrogens (tertiary/aromatic N) is 2. The zero-order valence-corrected chi connectivity index (χ0v) is 10.2. The molecule has 0 unspecified atom stereocenters. The molecule has 1 aromatic heterocycles. The molecule has 0 aliphatic rings. The van der Waals surface area contributed by atoms with Crippen molar-refractivity contribution in [2.45, 2.75) is 13.5 Å². The third-order valence-corrected chi connectivity index (χ3v) is 2.66. The Morgan fingerprint density at radius 3 is 2.68 bits per heavy atom. The summed E-state index contributed by atoms with van der Waals surface area (Å²) in [5.74, 6) is -0.690. The van der Waals surface area contributed by atoms with Crippen molar-refractivity contribution in [3.63, 3.8) is 0 Å². The highest BCUT2D eigenvalue weighted by Crippen LogP contribution is 2.16. The van der Waals surface area contributed by atoms with Gasteiger partial charge in [-0.25, -0.2) is 4.39 Å². The highest BCUT2D eigenvalue weighted by Gasteiger charge is 2.10. The maximum absolute atomic E-state index is 13.3. The van der Waals surface area contributed by atoms with E-state index < -0.39 is 10.7 Å². The first-order valence-electron chi connectivity index (χ1n) is 5.56. The minimum Gasteiger partial charge on any atom is -0.311 e. The third kappa shape index (κ3) is 3.04. The van der Waals surface area contributed by atoms with Crippen LogP contribution >= 0.6 is 0 Å². The van der Waals surface area contributed by atoms with E-state index in [1.807, 2.05) is 0 Å². The number of nitro groups is 1. The van der Waals surface area contributed by atoms with Crippen molar-refractivity contribution in [1.82, 2.24) is 4.57 Å². The number of pyridine rings is 1. The van der Waals surface area contributed by atoms with Crippen LogP contribution in [0.5, 0.6) is 0 Å². The molecule has 2 aromatic rings. The van der Waals surface area contributed by atoms with Gasteiger partial charge in [0.05, 0.1) is 17.5 Å². The van der Waals surface area contributed by atoms with Gasteiger partial charge in [-0.1, -0.05) is 0 Å². The van der Waals surface area contributed by atoms with E-state index in [-0.39, 0.29) is 17.8 Å². The average Bonchev–Trinajstić information content (AvgIpc) is 2.32. The molecule has 0 atom stereocenters. The van der Waals surface area contributed by atoms with E-state index in [4.69, 9.17) is 0 Å². The molecule has 0 radical (unpaired) electrons. The lowest BCUT2D eigenvalue weighted by molar-refractivity contribution is -0.385. The van der Waals surface area contributed by atoms with E-state index in [1.165, 1.54) is 22.8 Å². The maximum atomic E-state index is 13.3. The lowest BCUT2D eigenvalue weighted by Crippen LogP contribution is -2.19. The Balaban J connectivity index is 2.38. The third-order valence-electron chi connectivity index (χ3n) is 2.66. The SMILES string of the molecule is Cc1ccn(Cc2cc(F)cc([N+](=O)[O-])c2)c(=O)c1. The Morgan fingerprint density at radius 1 is 1.32 bits per heavy atom. The molecular weight excluding hydrogens is 251 g/mol. The monoisotopic (exact) mass is 262 g/mol. The van der Waals surface area contributed by atoms with E-state index in [0.717, 1.165) is 11.6 Å². The van der Waals surface area contributed by atoms with Gasteiger partial charge in [-0.05, 0) is 30.2 Å². The normalized spacial score (nSPS) is 10.4. The summed E-state index contributed by atoms with van der Waals surface area (Å²) in [7, 11) is 0. The smallest absolute Gasteiger partial charge is 0.272 e. The van der Waals surface area contributed by atoms with Crippen molar-refractivity contribution in [1.29, 1.82) is 0 Å². The molecule has 98 valence electrons. The summed E-state index contributed by atoms with van der Waals surface area (Å²) in [4.78, 5) is 21.7. The van der Waals surface area contributed by atoms with Crippen molar-refractivity contribution >= 4 is 5.69 Å². The Labute approximate surface area is 108 Å². The Hall–Kier alpha value is -2.50. The van der Waals surface area contributed by atoms with Crippen LogP contribution in [-0.2, 0) is 6.54 Å². The largest absolute Gasteiger partial charge is 0.311 e. The summed E-state index contributed by atoms with van der Waals surface area (Å²) in [5, 5.41) is 10.6. The molecule has 1 aromatic carbocycles. The van der Waals surface area contributed by atoms with Crippen LogP contribution in [-0.4, -0.2) is 9.49 Å². The van der Waals surface area contributed by atoms with Crippen LogP contribution in [0.15, 0.2) is 41.3 Å². The van der Waals surface area contributed by atoms with Crippen molar-refractivity contribution in [2.75, 3.05) is 0 Å². The summed E-state index contributed by atoms with van der Waals surface area (Å²) < 4.78 is 14.6. The number of nitro benzene ring substituents is 1. The molecule has 2 rings (SSSR count). The molecule has 0 bridgehead atoms. The summed E-state index contributed by atoms with van der Waals surface area (Å²) >= 11 is 0. The molecular formula is C13H11FN2O3. The number of hydrogen-bond acceptors (Lipinski definition) is 3. The number of aromatic nitrogens is 1. The van der Waals surface area contributed by atoms with Crippen LogP contribution in [0.1, 0.15) is 11.1 Å². The molecule has 0 fully saturated rings. The first-order valence-corrected chi connectivity index (χ1v) is 5.56. The van der Waals surface area contributed by atoms with Crippen molar-refractivity contribution in [2.24, 2.45) is 0 Å². The van der Waals surface area contributed by atoms with Gasteiger partial charge in [-0.3, -0.25) is 14.9 Å². The van der Waals surface area contributed by atoms with Gasteiger partial charge in [0.15, 0.2) is 0 Å². The van der Waals surface area contributed by atoms with Gasteiger partial charge < -0.3 is 4.57 Å². The highest BCUT2D eigenvalue weighted by molar-refractivity contribution is 5.35. The molecule has 0 aliphatic carbocycles. The summed E-state index contributed by atoms with van der Waals surface area (Å²) in [6.07, 6.45) is 1.58. The first kappa shape index (κ1) is 12.9. The molecule has 0 aliphatic heterocycles. The number of aryl methyl sites for hydroxylation is 1. The van der Waals surface area contributed by atoms with Crippen LogP contribution in [0.4, 0.5) is 10.1 Å². The topological polar surface area (TPSA) is 65.1 Å². The van der Waals surface area contributed by atoms with E-state index >= 15 is 0 Å². The van der Waals surface area contributed by atoms with Crippen LogP contribution < -0.4 is 5.56 Å². The van der Waals surface area contributed by atoms with Crippen LogP contribution in [0.3, 0.4) is 0 Å². The second-order valence-corrected chi connectivity index (χ2v) is 4.25. The standard InChI is InChI=1S/C13H11FN2O3/c1-9-2-3-15(13(17)4-9)8-10-5-11(14)7-12(6-10)16(18)19/h2-7H,8H2,1H3. The zero-order chi connectivity index (χ0) is 14.0. The lowest BCUT2D eigenvalue weighted by atomic mass is 10.2. The van der Waals surface area contributed by atoms with E-state index in [9.17, 15) is 19.3 Å². The fourth-order valence-corrected chi connectivity index (χ4v) is 1.76. The van der Waals surface area contributed by atoms with E-state index in [1.54, 1.807) is 19.2 Å². The summed E-state index contributed by atoms with van der Waals surface area (Å²) in [6, 6.07) is 6.49. The Bertz CT molecular complexity index is 695. The zero-order valence-electron chi connectivity index (χ0n) is 10.2. The van der Waals surface area contributed by atoms with Gasteiger partial charge in [0.2, 0.25) is 0 Å². The van der Waals surface area contributed by atoms with Gasteiger partial charge in [0.1, 0.15) is 5.82 Å². The Kier molecular flexibility index (Phi) is 3.41. The Morgan fingerprint density at radius 2 is 2.05 bits per heavy atom. The van der Waals surface area contributed by atoms with Gasteiger partial charge in [0.25, 0.3) is 11.2 Å². The number of halogens is 1. The number of benzene rings is 1. The van der Waals surface area contributed by atoms with Gasteiger partial charge >= 0.3 is 0 Å². The molecule has 0 spiro atoms.